The lowest BCUT2D eigenvalue weighted by molar-refractivity contribution is 0.0620. The SMILES string of the molecule is CC(C)(N[C]=O)C(F)F. The number of amides is 1. The normalized spacial score (nSPS) is 11.7. The summed E-state index contributed by atoms with van der Waals surface area (Å²) in [5.41, 5.74) is -1.46. The number of hydrogen-bond donors (Lipinski definition) is 1. The van der Waals surface area contributed by atoms with Gasteiger partial charge in [-0.05, 0) is 13.8 Å². The Labute approximate surface area is 52.2 Å². The van der Waals surface area contributed by atoms with Gasteiger partial charge in [-0.15, -0.1) is 0 Å². The second kappa shape index (κ2) is 2.75. The molecule has 0 saturated carbocycles. The number of carbonyl (C=O) groups excluding carboxylic acids is 1. The molecule has 9 heavy (non-hydrogen) atoms. The minimum atomic E-state index is -2.56. The first-order valence-corrected chi connectivity index (χ1v) is 2.43. The van der Waals surface area contributed by atoms with Gasteiger partial charge in [-0.2, -0.15) is 0 Å². The first-order valence-electron chi connectivity index (χ1n) is 2.43. The van der Waals surface area contributed by atoms with Crippen LogP contribution in [0.5, 0.6) is 0 Å². The van der Waals surface area contributed by atoms with Crippen LogP contribution in [0.25, 0.3) is 0 Å². The van der Waals surface area contributed by atoms with Crippen LogP contribution < -0.4 is 5.32 Å². The number of hydrogen-bond acceptors (Lipinski definition) is 1. The summed E-state index contributed by atoms with van der Waals surface area (Å²) in [7, 11) is 0. The molecule has 0 aromatic carbocycles. The summed E-state index contributed by atoms with van der Waals surface area (Å²) in [6.07, 6.45) is -1.35. The number of rotatable bonds is 3. The van der Waals surface area contributed by atoms with Crippen molar-refractivity contribution in [2.75, 3.05) is 0 Å². The zero-order valence-corrected chi connectivity index (χ0v) is 5.24. The highest BCUT2D eigenvalue weighted by atomic mass is 19.3. The maximum atomic E-state index is 11.8. The summed E-state index contributed by atoms with van der Waals surface area (Å²) in [6, 6.07) is 0. The molecule has 0 rings (SSSR count). The fourth-order valence-corrected chi connectivity index (χ4v) is 0.186. The van der Waals surface area contributed by atoms with Gasteiger partial charge in [-0.3, -0.25) is 4.79 Å². The zero-order valence-electron chi connectivity index (χ0n) is 5.24. The molecule has 0 unspecified atom stereocenters. The smallest absolute Gasteiger partial charge is 0.309 e. The second-order valence-corrected chi connectivity index (χ2v) is 2.25. The van der Waals surface area contributed by atoms with Gasteiger partial charge in [0, 0.05) is 0 Å². The highest BCUT2D eigenvalue weighted by Gasteiger charge is 2.28. The summed E-state index contributed by atoms with van der Waals surface area (Å²) >= 11 is 0. The van der Waals surface area contributed by atoms with E-state index >= 15 is 0 Å². The van der Waals surface area contributed by atoms with E-state index in [4.69, 9.17) is 0 Å². The van der Waals surface area contributed by atoms with Crippen LogP contribution in [0.1, 0.15) is 13.8 Å². The molecule has 1 radical (unpaired) electrons. The van der Waals surface area contributed by atoms with Crippen molar-refractivity contribution in [3.63, 3.8) is 0 Å². The molecule has 1 amide bonds. The Morgan fingerprint density at radius 3 is 2.11 bits per heavy atom. The van der Waals surface area contributed by atoms with E-state index in [0.717, 1.165) is 0 Å². The Hall–Kier alpha value is -0.670. The molecule has 0 fully saturated rings. The van der Waals surface area contributed by atoms with Crippen molar-refractivity contribution in [2.45, 2.75) is 25.8 Å². The number of alkyl halides is 2. The summed E-state index contributed by atoms with van der Waals surface area (Å²) in [6.45, 7) is 2.45. The van der Waals surface area contributed by atoms with E-state index in [9.17, 15) is 13.6 Å². The van der Waals surface area contributed by atoms with Crippen LogP contribution in [0.15, 0.2) is 0 Å². The second-order valence-electron chi connectivity index (χ2n) is 2.25. The minimum absolute atomic E-state index is 1.21. The van der Waals surface area contributed by atoms with Gasteiger partial charge in [-0.1, -0.05) is 0 Å². The molecular formula is C5H8F2NO. The summed E-state index contributed by atoms with van der Waals surface area (Å²) in [5, 5.41) is 1.87. The van der Waals surface area contributed by atoms with Crippen molar-refractivity contribution in [2.24, 2.45) is 0 Å². The lowest BCUT2D eigenvalue weighted by Crippen LogP contribution is -2.44. The third-order valence-corrected chi connectivity index (χ3v) is 0.919. The molecule has 0 aromatic rings. The van der Waals surface area contributed by atoms with Gasteiger partial charge < -0.3 is 5.32 Å². The van der Waals surface area contributed by atoms with E-state index in [-0.39, 0.29) is 0 Å². The number of nitrogens with one attached hydrogen (secondary N) is 1. The average Bonchev–Trinajstić information content (AvgIpc) is 1.65. The molecule has 0 atom stereocenters. The lowest BCUT2D eigenvalue weighted by atomic mass is 10.1. The van der Waals surface area contributed by atoms with Crippen LogP contribution in [-0.4, -0.2) is 18.4 Å². The third kappa shape index (κ3) is 2.39. The Morgan fingerprint density at radius 1 is 1.56 bits per heavy atom. The van der Waals surface area contributed by atoms with Crippen molar-refractivity contribution in [3.05, 3.63) is 0 Å². The molecule has 53 valence electrons. The van der Waals surface area contributed by atoms with E-state index in [1.807, 2.05) is 5.32 Å². The van der Waals surface area contributed by atoms with Crippen LogP contribution in [0.3, 0.4) is 0 Å². The van der Waals surface area contributed by atoms with Crippen molar-refractivity contribution in [1.29, 1.82) is 0 Å². The molecule has 0 heterocycles. The summed E-state index contributed by atoms with van der Waals surface area (Å²) in [4.78, 5) is 9.56. The van der Waals surface area contributed by atoms with E-state index in [0.29, 0.717) is 0 Å². The van der Waals surface area contributed by atoms with Crippen LogP contribution in [0, 0.1) is 0 Å². The largest absolute Gasteiger partial charge is 0.337 e. The average molecular weight is 136 g/mol. The Balaban J connectivity index is 3.84. The predicted octanol–water partition coefficient (Wildman–Crippen LogP) is 0.687. The van der Waals surface area contributed by atoms with Crippen LogP contribution in [-0.2, 0) is 4.79 Å². The van der Waals surface area contributed by atoms with Crippen molar-refractivity contribution >= 4 is 6.41 Å². The van der Waals surface area contributed by atoms with Gasteiger partial charge in [-0.25, -0.2) is 8.78 Å². The minimum Gasteiger partial charge on any atom is -0.337 e. The van der Waals surface area contributed by atoms with Gasteiger partial charge >= 0.3 is 6.41 Å². The maximum Gasteiger partial charge on any atom is 0.309 e. The first kappa shape index (κ1) is 8.33. The maximum absolute atomic E-state index is 11.8. The molecule has 4 heteroatoms. The topological polar surface area (TPSA) is 29.1 Å². The monoisotopic (exact) mass is 136 g/mol. The van der Waals surface area contributed by atoms with Crippen molar-refractivity contribution < 1.29 is 13.6 Å². The van der Waals surface area contributed by atoms with Crippen LogP contribution in [0.2, 0.25) is 0 Å². The van der Waals surface area contributed by atoms with Gasteiger partial charge in [0.15, 0.2) is 0 Å². The molecule has 0 bridgehead atoms. The molecule has 1 N–H and O–H groups in total. The highest BCUT2D eigenvalue weighted by Crippen LogP contribution is 2.12. The molecule has 0 aliphatic heterocycles. The molecular weight excluding hydrogens is 128 g/mol. The lowest BCUT2D eigenvalue weighted by Gasteiger charge is -2.21. The first-order chi connectivity index (χ1) is 4.00. The third-order valence-electron chi connectivity index (χ3n) is 0.919. The fourth-order valence-electron chi connectivity index (χ4n) is 0.186. The summed E-state index contributed by atoms with van der Waals surface area (Å²) in [5.74, 6) is 0. The van der Waals surface area contributed by atoms with Crippen molar-refractivity contribution in [1.82, 2.24) is 5.32 Å². The van der Waals surface area contributed by atoms with Gasteiger partial charge in [0.05, 0.1) is 5.54 Å². The Morgan fingerprint density at radius 2 is 2.00 bits per heavy atom. The Kier molecular flexibility index (Phi) is 2.55. The highest BCUT2D eigenvalue weighted by molar-refractivity contribution is 5.48. The predicted molar refractivity (Wildman–Crippen MR) is 28.9 cm³/mol. The van der Waals surface area contributed by atoms with E-state index in [1.165, 1.54) is 20.3 Å². The van der Waals surface area contributed by atoms with E-state index < -0.39 is 12.0 Å². The Bertz CT molecular complexity index is 103. The van der Waals surface area contributed by atoms with Crippen LogP contribution >= 0.6 is 0 Å². The fraction of sp³-hybridized carbons (Fsp3) is 0.800. The van der Waals surface area contributed by atoms with Gasteiger partial charge in [0.2, 0.25) is 0 Å². The van der Waals surface area contributed by atoms with Gasteiger partial charge in [0.25, 0.3) is 6.43 Å². The number of halogens is 2. The van der Waals surface area contributed by atoms with Gasteiger partial charge in [0.1, 0.15) is 0 Å². The molecule has 0 aromatic heterocycles. The van der Waals surface area contributed by atoms with E-state index in [1.54, 1.807) is 0 Å². The zero-order chi connectivity index (χ0) is 7.49. The molecule has 2 nitrogen and oxygen atoms in total. The molecule has 0 spiro atoms. The molecule has 0 aliphatic carbocycles. The van der Waals surface area contributed by atoms with Crippen molar-refractivity contribution in [3.8, 4) is 0 Å². The molecule has 0 aliphatic rings. The quantitative estimate of drug-likeness (QED) is 0.568. The van der Waals surface area contributed by atoms with Crippen LogP contribution in [0.4, 0.5) is 8.78 Å². The summed E-state index contributed by atoms with van der Waals surface area (Å²) < 4.78 is 23.5. The standard InChI is InChI=1S/C5H8F2NO/c1-5(2,4(6)7)8-3-9/h4H,1-2H3,(H,8,9). The van der Waals surface area contributed by atoms with E-state index in [2.05, 4.69) is 0 Å². The molecule has 0 saturated heterocycles.